The van der Waals surface area contributed by atoms with Gasteiger partial charge in [0.15, 0.2) is 0 Å². The molecule has 1 aliphatic rings. The van der Waals surface area contributed by atoms with E-state index in [9.17, 15) is 9.59 Å². The van der Waals surface area contributed by atoms with E-state index in [1.54, 1.807) is 24.3 Å². The van der Waals surface area contributed by atoms with Crippen LogP contribution in [0.25, 0.3) is 0 Å². The summed E-state index contributed by atoms with van der Waals surface area (Å²) in [7, 11) is 0. The molecule has 0 atom stereocenters. The Hall–Kier alpha value is -2.82. The number of hydrogen-bond acceptors (Lipinski definition) is 3. The summed E-state index contributed by atoms with van der Waals surface area (Å²) < 4.78 is 5.59. The lowest BCUT2D eigenvalue weighted by Gasteiger charge is -2.20. The van der Waals surface area contributed by atoms with Gasteiger partial charge in [-0.05, 0) is 55.7 Å². The number of amides is 2. The lowest BCUT2D eigenvalue weighted by Crippen LogP contribution is -2.24. The molecule has 0 bridgehead atoms. The molecule has 5 heteroatoms. The van der Waals surface area contributed by atoms with Crippen molar-refractivity contribution in [2.24, 2.45) is 5.92 Å². The van der Waals surface area contributed by atoms with Gasteiger partial charge in [-0.2, -0.15) is 0 Å². The standard InChI is InChI=1S/C23H28N2O3/c1-2-14-28-21-13-6-10-18(15-21)23(27)25-20-12-7-11-19(16-20)24-22(26)17-8-4-3-5-9-17/h6-7,10-13,15-17H,2-5,8-9,14H2,1H3,(H,24,26)(H,25,27). The van der Waals surface area contributed by atoms with Crippen molar-refractivity contribution in [2.45, 2.75) is 45.4 Å². The second-order valence-electron chi connectivity index (χ2n) is 7.24. The first-order valence-electron chi connectivity index (χ1n) is 10.1. The monoisotopic (exact) mass is 380 g/mol. The van der Waals surface area contributed by atoms with Gasteiger partial charge in [-0.25, -0.2) is 0 Å². The van der Waals surface area contributed by atoms with Crippen LogP contribution in [0.1, 0.15) is 55.8 Å². The van der Waals surface area contributed by atoms with Crippen LogP contribution < -0.4 is 15.4 Å². The molecule has 0 aromatic heterocycles. The van der Waals surface area contributed by atoms with Crippen LogP contribution in [-0.2, 0) is 4.79 Å². The molecule has 2 amide bonds. The fourth-order valence-corrected chi connectivity index (χ4v) is 3.43. The Kier molecular flexibility index (Phi) is 7.06. The molecule has 148 valence electrons. The highest BCUT2D eigenvalue weighted by Gasteiger charge is 2.21. The van der Waals surface area contributed by atoms with Crippen LogP contribution in [0, 0.1) is 5.92 Å². The highest BCUT2D eigenvalue weighted by atomic mass is 16.5. The number of nitrogens with one attached hydrogen (secondary N) is 2. The van der Waals surface area contributed by atoms with E-state index < -0.39 is 0 Å². The SMILES string of the molecule is CCCOc1cccc(C(=O)Nc2cccc(NC(=O)C3CCCCC3)c2)c1. The van der Waals surface area contributed by atoms with Gasteiger partial charge in [0.2, 0.25) is 5.91 Å². The summed E-state index contributed by atoms with van der Waals surface area (Å²) in [5, 5.41) is 5.88. The Morgan fingerprint density at radius 2 is 1.68 bits per heavy atom. The summed E-state index contributed by atoms with van der Waals surface area (Å²) >= 11 is 0. The van der Waals surface area contributed by atoms with Gasteiger partial charge in [0, 0.05) is 22.9 Å². The normalized spacial score (nSPS) is 14.3. The Morgan fingerprint density at radius 3 is 2.43 bits per heavy atom. The van der Waals surface area contributed by atoms with Gasteiger partial charge in [0.25, 0.3) is 5.91 Å². The molecule has 0 aliphatic heterocycles. The Morgan fingerprint density at radius 1 is 0.964 bits per heavy atom. The largest absolute Gasteiger partial charge is 0.494 e. The fourth-order valence-electron chi connectivity index (χ4n) is 3.43. The maximum atomic E-state index is 12.6. The number of anilines is 2. The van der Waals surface area contributed by atoms with Crippen molar-refractivity contribution in [3.05, 3.63) is 54.1 Å². The minimum Gasteiger partial charge on any atom is -0.494 e. The number of hydrogen-bond donors (Lipinski definition) is 2. The second kappa shape index (κ2) is 9.93. The number of carbonyl (C=O) groups excluding carboxylic acids is 2. The topological polar surface area (TPSA) is 67.4 Å². The van der Waals surface area contributed by atoms with Crippen molar-refractivity contribution in [1.82, 2.24) is 0 Å². The van der Waals surface area contributed by atoms with E-state index in [1.165, 1.54) is 6.42 Å². The zero-order valence-electron chi connectivity index (χ0n) is 16.4. The number of benzene rings is 2. The fraction of sp³-hybridized carbons (Fsp3) is 0.391. The molecule has 1 fully saturated rings. The highest BCUT2D eigenvalue weighted by molar-refractivity contribution is 6.05. The number of ether oxygens (including phenoxy) is 1. The van der Waals surface area contributed by atoms with E-state index in [1.807, 2.05) is 31.2 Å². The Bertz CT molecular complexity index is 813. The summed E-state index contributed by atoms with van der Waals surface area (Å²) in [5.41, 5.74) is 1.88. The van der Waals surface area contributed by atoms with E-state index >= 15 is 0 Å². The lowest BCUT2D eigenvalue weighted by atomic mass is 9.88. The summed E-state index contributed by atoms with van der Waals surface area (Å²) in [6.07, 6.45) is 6.29. The summed E-state index contributed by atoms with van der Waals surface area (Å²) in [4.78, 5) is 25.0. The van der Waals surface area contributed by atoms with Crippen LogP contribution in [0.5, 0.6) is 5.75 Å². The predicted molar refractivity (Wildman–Crippen MR) is 112 cm³/mol. The van der Waals surface area contributed by atoms with Crippen LogP contribution in [0.4, 0.5) is 11.4 Å². The van der Waals surface area contributed by atoms with Crippen molar-refractivity contribution in [3.8, 4) is 5.75 Å². The zero-order chi connectivity index (χ0) is 19.8. The molecule has 0 radical (unpaired) electrons. The first-order valence-corrected chi connectivity index (χ1v) is 10.1. The molecule has 0 unspecified atom stereocenters. The van der Waals surface area contributed by atoms with E-state index in [0.29, 0.717) is 29.3 Å². The van der Waals surface area contributed by atoms with Gasteiger partial charge >= 0.3 is 0 Å². The van der Waals surface area contributed by atoms with Crippen molar-refractivity contribution in [1.29, 1.82) is 0 Å². The van der Waals surface area contributed by atoms with Gasteiger partial charge in [0.1, 0.15) is 5.75 Å². The van der Waals surface area contributed by atoms with E-state index in [-0.39, 0.29) is 17.7 Å². The quantitative estimate of drug-likeness (QED) is 0.690. The molecule has 1 aliphatic carbocycles. The molecule has 5 nitrogen and oxygen atoms in total. The smallest absolute Gasteiger partial charge is 0.255 e. The van der Waals surface area contributed by atoms with E-state index in [0.717, 1.165) is 32.1 Å². The van der Waals surface area contributed by atoms with Crippen LogP contribution in [0.3, 0.4) is 0 Å². The lowest BCUT2D eigenvalue weighted by molar-refractivity contribution is -0.120. The zero-order valence-corrected chi connectivity index (χ0v) is 16.4. The molecule has 28 heavy (non-hydrogen) atoms. The molecule has 2 aromatic rings. The number of rotatable bonds is 7. The van der Waals surface area contributed by atoms with Gasteiger partial charge in [-0.1, -0.05) is 38.3 Å². The first-order chi connectivity index (χ1) is 13.7. The molecule has 3 rings (SSSR count). The van der Waals surface area contributed by atoms with Crippen molar-refractivity contribution in [2.75, 3.05) is 17.2 Å². The average Bonchev–Trinajstić information content (AvgIpc) is 2.73. The molecule has 0 saturated heterocycles. The van der Waals surface area contributed by atoms with Crippen molar-refractivity contribution >= 4 is 23.2 Å². The van der Waals surface area contributed by atoms with Gasteiger partial charge in [-0.15, -0.1) is 0 Å². The maximum Gasteiger partial charge on any atom is 0.255 e. The van der Waals surface area contributed by atoms with Crippen molar-refractivity contribution in [3.63, 3.8) is 0 Å². The van der Waals surface area contributed by atoms with E-state index in [2.05, 4.69) is 10.6 Å². The maximum absolute atomic E-state index is 12.6. The molecule has 2 N–H and O–H groups in total. The second-order valence-corrected chi connectivity index (χ2v) is 7.24. The predicted octanol–water partition coefficient (Wildman–Crippen LogP) is 5.25. The molecule has 0 spiro atoms. The first kappa shape index (κ1) is 19.9. The average molecular weight is 380 g/mol. The van der Waals surface area contributed by atoms with Crippen LogP contribution in [-0.4, -0.2) is 18.4 Å². The van der Waals surface area contributed by atoms with Crippen LogP contribution >= 0.6 is 0 Å². The third-order valence-electron chi connectivity index (χ3n) is 4.93. The molecular formula is C23H28N2O3. The Labute approximate surface area is 166 Å². The highest BCUT2D eigenvalue weighted by Crippen LogP contribution is 2.25. The summed E-state index contributed by atoms with van der Waals surface area (Å²) in [5.74, 6) is 0.641. The van der Waals surface area contributed by atoms with Gasteiger partial charge in [-0.3, -0.25) is 9.59 Å². The minimum atomic E-state index is -0.210. The number of carbonyl (C=O) groups is 2. The third kappa shape index (κ3) is 5.59. The summed E-state index contributed by atoms with van der Waals surface area (Å²) in [6.45, 7) is 2.66. The van der Waals surface area contributed by atoms with Crippen LogP contribution in [0.2, 0.25) is 0 Å². The van der Waals surface area contributed by atoms with E-state index in [4.69, 9.17) is 4.74 Å². The molecular weight excluding hydrogens is 352 g/mol. The molecule has 2 aromatic carbocycles. The van der Waals surface area contributed by atoms with Gasteiger partial charge in [0.05, 0.1) is 6.61 Å². The van der Waals surface area contributed by atoms with Gasteiger partial charge < -0.3 is 15.4 Å². The van der Waals surface area contributed by atoms with Crippen LogP contribution in [0.15, 0.2) is 48.5 Å². The summed E-state index contributed by atoms with van der Waals surface area (Å²) in [6, 6.07) is 14.4. The Balaban J connectivity index is 1.62. The molecule has 1 saturated carbocycles. The minimum absolute atomic E-state index is 0.0731. The van der Waals surface area contributed by atoms with Crippen molar-refractivity contribution < 1.29 is 14.3 Å². The molecule has 0 heterocycles. The third-order valence-corrected chi connectivity index (χ3v) is 4.93.